The average Bonchev–Trinajstić information content (AvgIpc) is 2.35. The van der Waals surface area contributed by atoms with Crippen LogP contribution in [0, 0.1) is 11.2 Å². The van der Waals surface area contributed by atoms with Crippen molar-refractivity contribution in [3.8, 4) is 0 Å². The highest BCUT2D eigenvalue weighted by atomic mass is 35.7. The topological polar surface area (TPSA) is 63.2 Å². The Balaban J connectivity index is 2.91. The van der Waals surface area contributed by atoms with E-state index in [1.807, 2.05) is 20.8 Å². The first kappa shape index (κ1) is 16.9. The Morgan fingerprint density at radius 2 is 2.00 bits per heavy atom. The molecule has 0 aliphatic rings. The zero-order chi connectivity index (χ0) is 15.6. The third-order valence-corrected chi connectivity index (χ3v) is 4.50. The SMILES string of the molecule is CCC(C)(C)CNC(=O)c1ccc(S(=O)(=O)Cl)cc1F. The van der Waals surface area contributed by atoms with E-state index in [-0.39, 0.29) is 15.9 Å². The molecule has 0 spiro atoms. The summed E-state index contributed by atoms with van der Waals surface area (Å²) in [6.07, 6.45) is 0.860. The minimum Gasteiger partial charge on any atom is -0.351 e. The Morgan fingerprint density at radius 1 is 1.40 bits per heavy atom. The normalized spacial score (nSPS) is 12.2. The molecule has 0 aromatic heterocycles. The maximum Gasteiger partial charge on any atom is 0.261 e. The van der Waals surface area contributed by atoms with Crippen molar-refractivity contribution in [2.24, 2.45) is 5.41 Å². The molecule has 0 heterocycles. The van der Waals surface area contributed by atoms with E-state index in [1.54, 1.807) is 0 Å². The van der Waals surface area contributed by atoms with Gasteiger partial charge >= 0.3 is 0 Å². The highest BCUT2D eigenvalue weighted by molar-refractivity contribution is 8.13. The molecular formula is C13H17ClFNO3S. The summed E-state index contributed by atoms with van der Waals surface area (Å²) in [6, 6.07) is 2.95. The van der Waals surface area contributed by atoms with E-state index in [2.05, 4.69) is 5.32 Å². The van der Waals surface area contributed by atoms with Gasteiger partial charge in [0.05, 0.1) is 10.5 Å². The van der Waals surface area contributed by atoms with E-state index in [9.17, 15) is 17.6 Å². The minimum absolute atomic E-state index is 0.0917. The van der Waals surface area contributed by atoms with E-state index in [4.69, 9.17) is 10.7 Å². The fourth-order valence-electron chi connectivity index (χ4n) is 1.37. The van der Waals surface area contributed by atoms with Gasteiger partial charge in [-0.25, -0.2) is 12.8 Å². The fraction of sp³-hybridized carbons (Fsp3) is 0.462. The number of carbonyl (C=O) groups excluding carboxylic acids is 1. The molecule has 0 atom stereocenters. The number of rotatable bonds is 5. The van der Waals surface area contributed by atoms with Crippen LogP contribution in [0.3, 0.4) is 0 Å². The summed E-state index contributed by atoms with van der Waals surface area (Å²) in [5.74, 6) is -1.50. The number of carbonyl (C=O) groups is 1. The van der Waals surface area contributed by atoms with Gasteiger partial charge in [0.25, 0.3) is 15.0 Å². The zero-order valence-electron chi connectivity index (χ0n) is 11.5. The summed E-state index contributed by atoms with van der Waals surface area (Å²) in [5, 5.41) is 2.63. The number of hydrogen-bond acceptors (Lipinski definition) is 3. The molecule has 0 aliphatic heterocycles. The largest absolute Gasteiger partial charge is 0.351 e. The van der Waals surface area contributed by atoms with Crippen molar-refractivity contribution in [2.75, 3.05) is 6.54 Å². The second-order valence-electron chi connectivity index (χ2n) is 5.28. The molecule has 1 rings (SSSR count). The van der Waals surface area contributed by atoms with Gasteiger partial charge in [0.15, 0.2) is 0 Å². The Hall–Kier alpha value is -1.14. The molecule has 112 valence electrons. The Bertz CT molecular complexity index is 614. The molecular weight excluding hydrogens is 305 g/mol. The van der Waals surface area contributed by atoms with Crippen molar-refractivity contribution in [1.82, 2.24) is 5.32 Å². The van der Waals surface area contributed by atoms with Crippen LogP contribution in [-0.4, -0.2) is 20.9 Å². The molecule has 0 aliphatic carbocycles. The highest BCUT2D eigenvalue weighted by Crippen LogP contribution is 2.20. The Morgan fingerprint density at radius 3 is 2.45 bits per heavy atom. The molecule has 1 aromatic carbocycles. The van der Waals surface area contributed by atoms with Crippen LogP contribution in [0.2, 0.25) is 0 Å². The summed E-state index contributed by atoms with van der Waals surface area (Å²) in [4.78, 5) is 11.5. The van der Waals surface area contributed by atoms with Crippen molar-refractivity contribution >= 4 is 25.6 Å². The van der Waals surface area contributed by atoms with E-state index >= 15 is 0 Å². The second-order valence-corrected chi connectivity index (χ2v) is 7.85. The van der Waals surface area contributed by atoms with Gasteiger partial charge in [-0.05, 0) is 30.0 Å². The highest BCUT2D eigenvalue weighted by Gasteiger charge is 2.20. The standard InChI is InChI=1S/C13H17ClFNO3S/c1-4-13(2,3)8-16-12(17)10-6-5-9(7-11(10)15)20(14,18)19/h5-7H,4,8H2,1-3H3,(H,16,17). The van der Waals surface area contributed by atoms with Gasteiger partial charge in [0.1, 0.15) is 5.82 Å². The lowest BCUT2D eigenvalue weighted by Gasteiger charge is -2.22. The van der Waals surface area contributed by atoms with Crippen molar-refractivity contribution in [3.63, 3.8) is 0 Å². The minimum atomic E-state index is -4.01. The van der Waals surface area contributed by atoms with Crippen LogP contribution in [0.4, 0.5) is 4.39 Å². The predicted octanol–water partition coefficient (Wildman–Crippen LogP) is 2.92. The first-order chi connectivity index (χ1) is 9.07. The van der Waals surface area contributed by atoms with Gasteiger partial charge in [-0.2, -0.15) is 0 Å². The molecule has 20 heavy (non-hydrogen) atoms. The van der Waals surface area contributed by atoms with Crippen LogP contribution < -0.4 is 5.32 Å². The van der Waals surface area contributed by atoms with Crippen LogP contribution in [-0.2, 0) is 9.05 Å². The van der Waals surface area contributed by atoms with Crippen molar-refractivity contribution in [1.29, 1.82) is 0 Å². The number of nitrogens with one attached hydrogen (secondary N) is 1. The van der Waals surface area contributed by atoms with Gasteiger partial charge in [0, 0.05) is 17.2 Å². The van der Waals surface area contributed by atoms with Crippen molar-refractivity contribution in [2.45, 2.75) is 32.1 Å². The molecule has 1 amide bonds. The number of amides is 1. The molecule has 1 aromatic rings. The number of halogens is 2. The number of benzene rings is 1. The van der Waals surface area contributed by atoms with Gasteiger partial charge < -0.3 is 5.32 Å². The maximum atomic E-state index is 13.7. The van der Waals surface area contributed by atoms with Crippen molar-refractivity contribution in [3.05, 3.63) is 29.6 Å². The molecule has 0 saturated heterocycles. The van der Waals surface area contributed by atoms with Crippen LogP contribution in [0.1, 0.15) is 37.6 Å². The molecule has 7 heteroatoms. The summed E-state index contributed by atoms with van der Waals surface area (Å²) >= 11 is 0. The quantitative estimate of drug-likeness (QED) is 0.848. The van der Waals surface area contributed by atoms with E-state index in [0.717, 1.165) is 24.6 Å². The van der Waals surface area contributed by atoms with Gasteiger partial charge in [-0.1, -0.05) is 20.8 Å². The zero-order valence-corrected chi connectivity index (χ0v) is 13.1. The third-order valence-electron chi connectivity index (χ3n) is 3.15. The molecule has 0 unspecified atom stereocenters. The average molecular weight is 322 g/mol. The second kappa shape index (κ2) is 6.10. The first-order valence-electron chi connectivity index (χ1n) is 6.09. The van der Waals surface area contributed by atoms with Gasteiger partial charge in [0.2, 0.25) is 0 Å². The van der Waals surface area contributed by atoms with Gasteiger partial charge in [-0.3, -0.25) is 4.79 Å². The van der Waals surface area contributed by atoms with Crippen LogP contribution in [0.5, 0.6) is 0 Å². The summed E-state index contributed by atoms with van der Waals surface area (Å²) < 4.78 is 35.9. The third kappa shape index (κ3) is 4.45. The lowest BCUT2D eigenvalue weighted by molar-refractivity contribution is 0.0931. The Labute approximate surface area is 122 Å². The molecule has 1 N–H and O–H groups in total. The van der Waals surface area contributed by atoms with Crippen LogP contribution in [0.15, 0.2) is 23.1 Å². The van der Waals surface area contributed by atoms with E-state index in [1.165, 1.54) is 0 Å². The molecule has 4 nitrogen and oxygen atoms in total. The lowest BCUT2D eigenvalue weighted by atomic mass is 9.90. The van der Waals surface area contributed by atoms with E-state index < -0.39 is 20.8 Å². The molecule has 0 fully saturated rings. The summed E-state index contributed by atoms with van der Waals surface area (Å²) in [6.45, 7) is 6.35. The maximum absolute atomic E-state index is 13.7. The van der Waals surface area contributed by atoms with Crippen molar-refractivity contribution < 1.29 is 17.6 Å². The monoisotopic (exact) mass is 321 g/mol. The number of hydrogen-bond donors (Lipinski definition) is 1. The lowest BCUT2D eigenvalue weighted by Crippen LogP contribution is -2.34. The van der Waals surface area contributed by atoms with Crippen LogP contribution in [0.25, 0.3) is 0 Å². The Kier molecular flexibility index (Phi) is 5.15. The molecule has 0 saturated carbocycles. The van der Waals surface area contributed by atoms with E-state index in [0.29, 0.717) is 6.54 Å². The molecule has 0 bridgehead atoms. The predicted molar refractivity (Wildman–Crippen MR) is 75.8 cm³/mol. The smallest absolute Gasteiger partial charge is 0.261 e. The summed E-state index contributed by atoms with van der Waals surface area (Å²) in [5.41, 5.74) is -0.299. The fourth-order valence-corrected chi connectivity index (χ4v) is 2.13. The molecule has 0 radical (unpaired) electrons. The first-order valence-corrected chi connectivity index (χ1v) is 8.40. The van der Waals surface area contributed by atoms with Crippen LogP contribution >= 0.6 is 10.7 Å². The van der Waals surface area contributed by atoms with Gasteiger partial charge in [-0.15, -0.1) is 0 Å². The summed E-state index contributed by atoms with van der Waals surface area (Å²) in [7, 11) is 1.10.